The van der Waals surface area contributed by atoms with Crippen LogP contribution >= 0.6 is 11.3 Å². The molecule has 1 N–H and O–H groups in total. The average molecular weight is 387 g/mol. The largest absolute Gasteiger partial charge is 0.360 e. The number of carbonyl (C=O) groups is 2. The second kappa shape index (κ2) is 7.76. The maximum absolute atomic E-state index is 14.2. The predicted molar refractivity (Wildman–Crippen MR) is 103 cm³/mol. The SMILES string of the molecule is O=C1C=CC2=CN([C@@H](CC3CCCCC3)C(=O)Nc3nccs3)CC2=C1F. The summed E-state index contributed by atoms with van der Waals surface area (Å²) < 4.78 is 14.2. The zero-order valence-corrected chi connectivity index (χ0v) is 15.8. The first-order valence-corrected chi connectivity index (χ1v) is 10.3. The number of allylic oxidation sites excluding steroid dienone is 3. The van der Waals surface area contributed by atoms with E-state index >= 15 is 0 Å². The number of nitrogens with one attached hydrogen (secondary N) is 1. The first-order chi connectivity index (χ1) is 13.1. The van der Waals surface area contributed by atoms with Crippen molar-refractivity contribution in [2.45, 2.75) is 44.6 Å². The summed E-state index contributed by atoms with van der Waals surface area (Å²) in [5.41, 5.74) is 1.07. The minimum atomic E-state index is -0.706. The number of carbonyl (C=O) groups excluding carboxylic acids is 2. The van der Waals surface area contributed by atoms with Gasteiger partial charge in [0.2, 0.25) is 11.7 Å². The van der Waals surface area contributed by atoms with Crippen molar-refractivity contribution in [2.24, 2.45) is 5.92 Å². The molecular weight excluding hydrogens is 365 g/mol. The topological polar surface area (TPSA) is 62.3 Å². The molecule has 2 aliphatic carbocycles. The van der Waals surface area contributed by atoms with E-state index in [9.17, 15) is 14.0 Å². The number of nitrogens with zero attached hydrogens (tertiary/aromatic N) is 2. The number of anilines is 1. The molecule has 0 aromatic carbocycles. The summed E-state index contributed by atoms with van der Waals surface area (Å²) in [6, 6.07) is -0.404. The molecule has 142 valence electrons. The Bertz CT molecular complexity index is 822. The highest BCUT2D eigenvalue weighted by Gasteiger charge is 2.34. The van der Waals surface area contributed by atoms with E-state index < -0.39 is 17.7 Å². The molecule has 4 rings (SSSR count). The fourth-order valence-corrected chi connectivity index (χ4v) is 4.64. The van der Waals surface area contributed by atoms with Gasteiger partial charge in [-0.25, -0.2) is 9.37 Å². The van der Waals surface area contributed by atoms with Gasteiger partial charge in [-0.2, -0.15) is 0 Å². The smallest absolute Gasteiger partial charge is 0.248 e. The third-order valence-corrected chi connectivity index (χ3v) is 6.22. The number of rotatable bonds is 5. The van der Waals surface area contributed by atoms with Gasteiger partial charge in [0.1, 0.15) is 6.04 Å². The minimum absolute atomic E-state index is 0.123. The lowest BCUT2D eigenvalue weighted by Crippen LogP contribution is -2.42. The molecule has 27 heavy (non-hydrogen) atoms. The molecule has 7 heteroatoms. The lowest BCUT2D eigenvalue weighted by Gasteiger charge is -2.31. The van der Waals surface area contributed by atoms with Crippen LogP contribution in [0.1, 0.15) is 38.5 Å². The molecule has 1 fully saturated rings. The molecule has 1 aromatic heterocycles. The minimum Gasteiger partial charge on any atom is -0.360 e. The molecular formula is C20H22FN3O2S. The number of hydrogen-bond acceptors (Lipinski definition) is 5. The van der Waals surface area contributed by atoms with E-state index in [-0.39, 0.29) is 12.5 Å². The zero-order chi connectivity index (χ0) is 18.8. The van der Waals surface area contributed by atoms with Crippen LogP contribution in [0, 0.1) is 5.92 Å². The maximum atomic E-state index is 14.2. The third kappa shape index (κ3) is 3.88. The number of aromatic nitrogens is 1. The van der Waals surface area contributed by atoms with Gasteiger partial charge < -0.3 is 10.2 Å². The Morgan fingerprint density at radius 1 is 1.33 bits per heavy atom. The molecule has 0 bridgehead atoms. The maximum Gasteiger partial charge on any atom is 0.248 e. The third-order valence-electron chi connectivity index (χ3n) is 5.54. The first kappa shape index (κ1) is 18.1. The van der Waals surface area contributed by atoms with E-state index in [0.29, 0.717) is 22.2 Å². The molecule has 1 saturated carbocycles. The second-order valence-corrected chi connectivity index (χ2v) is 8.22. The second-order valence-electron chi connectivity index (χ2n) is 7.33. The van der Waals surface area contributed by atoms with Crippen molar-refractivity contribution in [1.82, 2.24) is 9.88 Å². The van der Waals surface area contributed by atoms with Gasteiger partial charge in [-0.3, -0.25) is 9.59 Å². The van der Waals surface area contributed by atoms with Gasteiger partial charge in [0.15, 0.2) is 11.0 Å². The molecule has 5 nitrogen and oxygen atoms in total. The van der Waals surface area contributed by atoms with Gasteiger partial charge in [0.05, 0.1) is 0 Å². The number of thiazole rings is 1. The van der Waals surface area contributed by atoms with Crippen LogP contribution in [0.3, 0.4) is 0 Å². The van der Waals surface area contributed by atoms with Crippen LogP contribution in [0.5, 0.6) is 0 Å². The van der Waals surface area contributed by atoms with E-state index in [1.165, 1.54) is 36.7 Å². The molecule has 3 aliphatic rings. The van der Waals surface area contributed by atoms with Crippen molar-refractivity contribution in [3.05, 3.63) is 46.9 Å². The van der Waals surface area contributed by atoms with Crippen LogP contribution < -0.4 is 5.32 Å². The number of ketones is 1. The Hall–Kier alpha value is -2.28. The van der Waals surface area contributed by atoms with E-state index in [1.54, 1.807) is 12.3 Å². The lowest BCUT2D eigenvalue weighted by atomic mass is 9.84. The highest BCUT2D eigenvalue weighted by atomic mass is 32.1. The molecule has 0 spiro atoms. The molecule has 1 aliphatic heterocycles. The lowest BCUT2D eigenvalue weighted by molar-refractivity contribution is -0.120. The van der Waals surface area contributed by atoms with Gasteiger partial charge >= 0.3 is 0 Å². The van der Waals surface area contributed by atoms with Crippen LogP contribution in [-0.4, -0.2) is 34.2 Å². The Morgan fingerprint density at radius 3 is 2.89 bits per heavy atom. The van der Waals surface area contributed by atoms with Gasteiger partial charge in [-0.1, -0.05) is 32.1 Å². The summed E-state index contributed by atoms with van der Waals surface area (Å²) in [6.45, 7) is 0.250. The fourth-order valence-electron chi connectivity index (χ4n) is 4.11. The molecule has 0 unspecified atom stereocenters. The molecule has 0 saturated heterocycles. The van der Waals surface area contributed by atoms with E-state index in [2.05, 4.69) is 10.3 Å². The number of hydrogen-bond donors (Lipinski definition) is 1. The predicted octanol–water partition coefficient (Wildman–Crippen LogP) is 3.98. The first-order valence-electron chi connectivity index (χ1n) is 9.41. The van der Waals surface area contributed by atoms with Crippen molar-refractivity contribution in [2.75, 3.05) is 11.9 Å². The van der Waals surface area contributed by atoms with E-state index in [4.69, 9.17) is 0 Å². The van der Waals surface area contributed by atoms with Gasteiger partial charge in [0.25, 0.3) is 0 Å². The van der Waals surface area contributed by atoms with Gasteiger partial charge in [-0.05, 0) is 30.1 Å². The Kier molecular flexibility index (Phi) is 5.20. The van der Waals surface area contributed by atoms with Crippen molar-refractivity contribution in [3.8, 4) is 0 Å². The zero-order valence-electron chi connectivity index (χ0n) is 15.0. The molecule has 0 radical (unpaired) electrons. The highest BCUT2D eigenvalue weighted by Crippen LogP contribution is 2.34. The summed E-state index contributed by atoms with van der Waals surface area (Å²) in [5, 5.41) is 5.27. The summed E-state index contributed by atoms with van der Waals surface area (Å²) >= 11 is 1.38. The fraction of sp³-hybridized carbons (Fsp3) is 0.450. The van der Waals surface area contributed by atoms with Gasteiger partial charge in [-0.15, -0.1) is 11.3 Å². The van der Waals surface area contributed by atoms with Crippen molar-refractivity contribution >= 4 is 28.2 Å². The molecule has 1 atom stereocenters. The van der Waals surface area contributed by atoms with Crippen molar-refractivity contribution in [3.63, 3.8) is 0 Å². The molecule has 2 heterocycles. The standard InChI is InChI=1S/C20H22FN3O2S/c21-18-15-12-24(11-14(15)6-7-17(18)25)16(10-13-4-2-1-3-5-13)19(26)23-20-22-8-9-27-20/h6-9,11,13,16H,1-5,10,12H2,(H,22,23,26)/t16-/m0/s1. The molecule has 1 aromatic rings. The van der Waals surface area contributed by atoms with Crippen LogP contribution in [0.2, 0.25) is 0 Å². The normalized spacial score (nSPS) is 21.3. The van der Waals surface area contributed by atoms with Gasteiger partial charge in [0, 0.05) is 29.9 Å². The monoisotopic (exact) mass is 387 g/mol. The highest BCUT2D eigenvalue weighted by molar-refractivity contribution is 7.13. The van der Waals surface area contributed by atoms with Crippen LogP contribution in [0.25, 0.3) is 0 Å². The van der Waals surface area contributed by atoms with Crippen molar-refractivity contribution < 1.29 is 14.0 Å². The number of halogens is 1. The van der Waals surface area contributed by atoms with E-state index in [1.807, 2.05) is 16.5 Å². The quantitative estimate of drug-likeness (QED) is 0.830. The Morgan fingerprint density at radius 2 is 2.15 bits per heavy atom. The average Bonchev–Trinajstić information content (AvgIpc) is 3.33. The summed E-state index contributed by atoms with van der Waals surface area (Å²) in [7, 11) is 0. The summed E-state index contributed by atoms with van der Waals surface area (Å²) in [4.78, 5) is 30.7. The Balaban J connectivity index is 1.56. The van der Waals surface area contributed by atoms with Crippen LogP contribution in [-0.2, 0) is 9.59 Å². The summed E-state index contributed by atoms with van der Waals surface area (Å²) in [6.07, 6.45) is 13.0. The van der Waals surface area contributed by atoms with Crippen LogP contribution in [0.4, 0.5) is 9.52 Å². The van der Waals surface area contributed by atoms with Crippen LogP contribution in [0.15, 0.2) is 46.9 Å². The number of fused-ring (bicyclic) bond motifs is 1. The summed E-state index contributed by atoms with van der Waals surface area (Å²) in [5.74, 6) is -0.937. The number of amides is 1. The van der Waals surface area contributed by atoms with Crippen molar-refractivity contribution in [1.29, 1.82) is 0 Å². The van der Waals surface area contributed by atoms with E-state index in [0.717, 1.165) is 19.3 Å². The molecule has 1 amide bonds. The Labute approximate surface area is 161 Å².